The Hall–Kier alpha value is -2.84. The highest BCUT2D eigenvalue weighted by atomic mass is 19.1. The van der Waals surface area contributed by atoms with Crippen molar-refractivity contribution in [1.82, 2.24) is 25.2 Å². The number of nitrogens with one attached hydrogen (secondary N) is 1. The lowest BCUT2D eigenvalue weighted by Gasteiger charge is -2.34. The Kier molecular flexibility index (Phi) is 5.81. The second-order valence-corrected chi connectivity index (χ2v) is 10.4. The van der Waals surface area contributed by atoms with E-state index in [2.05, 4.69) is 32.1 Å². The maximum Gasteiger partial charge on any atom is 0.319 e. The number of likely N-dealkylation sites (tertiary alicyclic amines) is 1. The Labute approximate surface area is 205 Å². The first-order valence-electron chi connectivity index (χ1n) is 12.7. The zero-order chi connectivity index (χ0) is 24.1. The lowest BCUT2D eigenvalue weighted by atomic mass is 10.00. The number of aromatic nitrogens is 3. The van der Waals surface area contributed by atoms with Gasteiger partial charge in [-0.1, -0.05) is 18.2 Å². The molecule has 2 aromatic heterocycles. The number of likely N-dealkylation sites (N-methyl/N-ethyl adjacent to an activating group) is 1. The van der Waals surface area contributed by atoms with E-state index in [9.17, 15) is 0 Å². The van der Waals surface area contributed by atoms with Gasteiger partial charge in [-0.15, -0.1) is 0 Å². The molecule has 3 aliphatic rings. The van der Waals surface area contributed by atoms with Crippen molar-refractivity contribution in [3.63, 3.8) is 0 Å². The van der Waals surface area contributed by atoms with Crippen LogP contribution in [0.3, 0.4) is 0 Å². The van der Waals surface area contributed by atoms with Crippen LogP contribution >= 0.6 is 0 Å². The van der Waals surface area contributed by atoms with Crippen molar-refractivity contribution in [3.05, 3.63) is 41.3 Å². The third kappa shape index (κ3) is 4.12. The predicted molar refractivity (Wildman–Crippen MR) is 136 cm³/mol. The summed E-state index contributed by atoms with van der Waals surface area (Å²) in [6.07, 6.45) is 6.31. The van der Waals surface area contributed by atoms with E-state index in [-0.39, 0.29) is 11.5 Å². The molecule has 3 saturated heterocycles. The fourth-order valence-corrected chi connectivity index (χ4v) is 5.85. The average molecular weight is 477 g/mol. The number of hydrogen-bond acceptors (Lipinski definition) is 7. The van der Waals surface area contributed by atoms with Crippen LogP contribution in [0.1, 0.15) is 36.8 Å². The number of rotatable bonds is 5. The van der Waals surface area contributed by atoms with Gasteiger partial charge in [-0.05, 0) is 64.3 Å². The third-order valence-electron chi connectivity index (χ3n) is 8.10. The number of benzene rings is 1. The number of halogens is 1. The molecule has 0 saturated carbocycles. The number of pyridine rings is 1. The molecule has 2 bridgehead atoms. The van der Waals surface area contributed by atoms with Crippen molar-refractivity contribution in [2.45, 2.75) is 57.7 Å². The summed E-state index contributed by atoms with van der Waals surface area (Å²) in [5.74, 6) is 0.308. The summed E-state index contributed by atoms with van der Waals surface area (Å²) in [5, 5.41) is 4.30. The number of nitrogens with zero attached hydrogens (tertiary/aromatic N) is 5. The van der Waals surface area contributed by atoms with Gasteiger partial charge in [-0.2, -0.15) is 9.97 Å². The van der Waals surface area contributed by atoms with Crippen molar-refractivity contribution in [2.75, 3.05) is 38.2 Å². The predicted octanol–water partition coefficient (Wildman–Crippen LogP) is 3.86. The van der Waals surface area contributed by atoms with Gasteiger partial charge in [0.05, 0.1) is 5.39 Å². The van der Waals surface area contributed by atoms with Crippen LogP contribution in [-0.4, -0.2) is 71.3 Å². The van der Waals surface area contributed by atoms with Gasteiger partial charge in [0.25, 0.3) is 0 Å². The van der Waals surface area contributed by atoms with Gasteiger partial charge in [0.15, 0.2) is 5.82 Å². The van der Waals surface area contributed by atoms with E-state index in [0.29, 0.717) is 35.8 Å². The SMILES string of the molecule is Cc1cccc(-c2ncc3c(N4CC5CCC(C4)N5)nc(OC[C@@H]4CCCN4C)nc3c2F)c1C. The molecule has 0 spiro atoms. The van der Waals surface area contributed by atoms with E-state index in [4.69, 9.17) is 9.72 Å². The molecule has 7 nitrogen and oxygen atoms in total. The molecule has 0 radical (unpaired) electrons. The Morgan fingerprint density at radius 2 is 1.91 bits per heavy atom. The molecule has 3 atom stereocenters. The van der Waals surface area contributed by atoms with E-state index >= 15 is 4.39 Å². The highest BCUT2D eigenvalue weighted by Gasteiger charge is 2.34. The highest BCUT2D eigenvalue weighted by Crippen LogP contribution is 2.35. The molecule has 3 aromatic rings. The van der Waals surface area contributed by atoms with E-state index in [1.807, 2.05) is 32.0 Å². The molecular weight excluding hydrogens is 443 g/mol. The minimum absolute atomic E-state index is 0.246. The van der Waals surface area contributed by atoms with Crippen LogP contribution in [0.25, 0.3) is 22.2 Å². The van der Waals surface area contributed by atoms with Gasteiger partial charge >= 0.3 is 6.01 Å². The normalized spacial score (nSPS) is 24.5. The quantitative estimate of drug-likeness (QED) is 0.600. The molecule has 1 aromatic carbocycles. The van der Waals surface area contributed by atoms with E-state index < -0.39 is 5.82 Å². The second-order valence-electron chi connectivity index (χ2n) is 10.4. The lowest BCUT2D eigenvalue weighted by Crippen LogP contribution is -2.51. The van der Waals surface area contributed by atoms with Crippen LogP contribution < -0.4 is 15.0 Å². The van der Waals surface area contributed by atoms with E-state index in [1.54, 1.807) is 6.20 Å². The summed E-state index contributed by atoms with van der Waals surface area (Å²) >= 11 is 0. The van der Waals surface area contributed by atoms with Gasteiger partial charge in [-0.3, -0.25) is 4.98 Å². The molecule has 0 amide bonds. The van der Waals surface area contributed by atoms with Crippen LogP contribution in [-0.2, 0) is 0 Å². The van der Waals surface area contributed by atoms with Gasteiger partial charge in [0, 0.05) is 43.0 Å². The molecule has 35 heavy (non-hydrogen) atoms. The summed E-state index contributed by atoms with van der Waals surface area (Å²) < 4.78 is 22.2. The van der Waals surface area contributed by atoms with Gasteiger partial charge in [0.2, 0.25) is 0 Å². The highest BCUT2D eigenvalue weighted by molar-refractivity contribution is 5.92. The maximum atomic E-state index is 16.1. The molecule has 5 heterocycles. The molecule has 0 aliphatic carbocycles. The molecule has 6 rings (SSSR count). The van der Waals surface area contributed by atoms with E-state index in [1.165, 1.54) is 0 Å². The second kappa shape index (κ2) is 8.99. The average Bonchev–Trinajstić information content (AvgIpc) is 3.43. The van der Waals surface area contributed by atoms with Gasteiger partial charge in [0.1, 0.15) is 23.6 Å². The zero-order valence-electron chi connectivity index (χ0n) is 20.7. The van der Waals surface area contributed by atoms with Crippen LogP contribution in [0.4, 0.5) is 10.2 Å². The molecule has 184 valence electrons. The number of aryl methyl sites for hydroxylation is 1. The molecule has 3 aliphatic heterocycles. The molecule has 8 heteroatoms. The Morgan fingerprint density at radius 3 is 2.66 bits per heavy atom. The van der Waals surface area contributed by atoms with Gasteiger partial charge in [-0.25, -0.2) is 4.39 Å². The Morgan fingerprint density at radius 1 is 1.11 bits per heavy atom. The first-order valence-corrected chi connectivity index (χ1v) is 12.7. The number of anilines is 1. The fourth-order valence-electron chi connectivity index (χ4n) is 5.85. The van der Waals surface area contributed by atoms with E-state index in [0.717, 1.165) is 67.8 Å². The van der Waals surface area contributed by atoms with Crippen LogP contribution in [0.2, 0.25) is 0 Å². The maximum absolute atomic E-state index is 16.1. The van der Waals surface area contributed by atoms with Crippen LogP contribution in [0.15, 0.2) is 24.4 Å². The van der Waals surface area contributed by atoms with Crippen molar-refractivity contribution in [3.8, 4) is 17.3 Å². The van der Waals surface area contributed by atoms with Gasteiger partial charge < -0.3 is 19.9 Å². The molecule has 3 fully saturated rings. The van der Waals surface area contributed by atoms with Crippen molar-refractivity contribution in [1.29, 1.82) is 0 Å². The third-order valence-corrected chi connectivity index (χ3v) is 8.10. The first kappa shape index (κ1) is 22.6. The zero-order valence-corrected chi connectivity index (χ0v) is 20.7. The largest absolute Gasteiger partial charge is 0.462 e. The summed E-state index contributed by atoms with van der Waals surface area (Å²) in [6, 6.07) is 7.34. The fraction of sp³-hybridized carbons (Fsp3) is 0.519. The summed E-state index contributed by atoms with van der Waals surface area (Å²) in [6.45, 7) is 7.29. The van der Waals surface area contributed by atoms with Crippen LogP contribution in [0, 0.1) is 19.7 Å². The Balaban J connectivity index is 1.44. The van der Waals surface area contributed by atoms with Crippen LogP contribution in [0.5, 0.6) is 6.01 Å². The van der Waals surface area contributed by atoms with Crippen molar-refractivity contribution in [2.24, 2.45) is 0 Å². The smallest absolute Gasteiger partial charge is 0.319 e. The minimum atomic E-state index is -0.416. The summed E-state index contributed by atoms with van der Waals surface area (Å²) in [5.41, 5.74) is 3.52. The molecule has 2 unspecified atom stereocenters. The summed E-state index contributed by atoms with van der Waals surface area (Å²) in [7, 11) is 2.12. The lowest BCUT2D eigenvalue weighted by molar-refractivity contribution is 0.188. The molecule has 1 N–H and O–H groups in total. The number of hydrogen-bond donors (Lipinski definition) is 1. The minimum Gasteiger partial charge on any atom is -0.462 e. The number of ether oxygens (including phenoxy) is 1. The number of piperazine rings is 1. The van der Waals surface area contributed by atoms with Crippen molar-refractivity contribution >= 4 is 16.7 Å². The summed E-state index contributed by atoms with van der Waals surface area (Å²) in [4.78, 5) is 18.6. The Bertz CT molecular complexity index is 1250. The topological polar surface area (TPSA) is 66.4 Å². The number of fused-ring (bicyclic) bond motifs is 3. The molecular formula is C27H33FN6O. The van der Waals surface area contributed by atoms with Crippen molar-refractivity contribution < 1.29 is 9.13 Å². The standard InChI is InChI=1S/C27H33FN6O/c1-16-6-4-8-21(17(16)2)24-23(28)25-22(12-29-24)26(34-13-18-9-10-19(14-34)30-18)32-27(31-25)35-15-20-7-5-11-33(20)3/h4,6,8,12,18-20,30H,5,7,9-11,13-15H2,1-3H3/t18?,19?,20-/m0/s1. The first-order chi connectivity index (χ1) is 17.0. The monoisotopic (exact) mass is 476 g/mol.